The van der Waals surface area contributed by atoms with Crippen molar-refractivity contribution in [2.45, 2.75) is 24.6 Å². The molecule has 1 N–H and O–H groups in total. The van der Waals surface area contributed by atoms with E-state index in [0.29, 0.717) is 5.88 Å². The first-order valence-electron chi connectivity index (χ1n) is 6.32. The molecule has 2 aromatic rings. The van der Waals surface area contributed by atoms with E-state index >= 15 is 0 Å². The summed E-state index contributed by atoms with van der Waals surface area (Å²) >= 11 is 5.94. The topological polar surface area (TPSA) is 19.0 Å². The van der Waals surface area contributed by atoms with Gasteiger partial charge in [-0.25, -0.2) is 0 Å². The van der Waals surface area contributed by atoms with Gasteiger partial charge in [-0.1, -0.05) is 6.07 Å². The molecular weight excluding hydrogens is 232 g/mol. The first-order valence-corrected chi connectivity index (χ1v) is 6.85. The molecule has 0 amide bonds. The van der Waals surface area contributed by atoms with Crippen LogP contribution in [0.2, 0.25) is 0 Å². The molecule has 0 atom stereocenters. The molecule has 0 saturated carbocycles. The normalized spacial score (nSPS) is 19.0. The Labute approximate surface area is 106 Å². The monoisotopic (exact) mass is 246 g/mol. The van der Waals surface area contributed by atoms with Crippen molar-refractivity contribution < 1.29 is 0 Å². The molecule has 0 aliphatic carbocycles. The van der Waals surface area contributed by atoms with Gasteiger partial charge in [-0.2, -0.15) is 0 Å². The highest BCUT2D eigenvalue weighted by Gasteiger charge is 2.33. The minimum Gasteiger partial charge on any atom is -0.358 e. The second-order valence-corrected chi connectivity index (χ2v) is 5.43. The summed E-state index contributed by atoms with van der Waals surface area (Å²) in [7, 11) is 0. The molecule has 88 valence electrons. The number of piperidine rings is 1. The lowest BCUT2D eigenvalue weighted by Crippen LogP contribution is -2.38. The fourth-order valence-electron chi connectivity index (χ4n) is 3.38. The summed E-state index contributed by atoms with van der Waals surface area (Å²) in [4.78, 5) is 6.08. The van der Waals surface area contributed by atoms with Gasteiger partial charge in [0.25, 0.3) is 0 Å². The van der Waals surface area contributed by atoms with Crippen LogP contribution in [0.1, 0.15) is 29.9 Å². The Morgan fingerprint density at radius 2 is 2.12 bits per heavy atom. The number of fused-ring (bicyclic) bond motifs is 3. The number of benzene rings is 1. The van der Waals surface area contributed by atoms with Crippen LogP contribution < -0.4 is 4.90 Å². The van der Waals surface area contributed by atoms with Crippen molar-refractivity contribution in [2.24, 2.45) is 0 Å². The Morgan fingerprint density at radius 3 is 2.88 bits per heavy atom. The van der Waals surface area contributed by atoms with Gasteiger partial charge in [-0.3, -0.25) is 0 Å². The summed E-state index contributed by atoms with van der Waals surface area (Å²) in [6.07, 6.45) is 2.62. The predicted molar refractivity (Wildman–Crippen MR) is 72.0 cm³/mol. The van der Waals surface area contributed by atoms with Gasteiger partial charge in [0, 0.05) is 35.4 Å². The molecular formula is C14H15ClN2. The maximum atomic E-state index is 5.94. The Kier molecular flexibility index (Phi) is 1.98. The number of nitrogens with one attached hydrogen (secondary N) is 1. The van der Waals surface area contributed by atoms with Gasteiger partial charge in [0.2, 0.25) is 0 Å². The van der Waals surface area contributed by atoms with Gasteiger partial charge in [-0.05, 0) is 36.5 Å². The van der Waals surface area contributed by atoms with Crippen molar-refractivity contribution in [3.05, 3.63) is 29.3 Å². The van der Waals surface area contributed by atoms with Gasteiger partial charge >= 0.3 is 0 Å². The standard InChI is InChI=1S/C14H15ClN2/c15-8-9-1-2-12-11(7-9)13-10-3-5-17(6-4-10)14(13)16-12/h1-2,7,10,16H,3-6,8H2. The van der Waals surface area contributed by atoms with Crippen molar-refractivity contribution in [1.82, 2.24) is 4.98 Å². The van der Waals surface area contributed by atoms with E-state index in [1.165, 1.54) is 48.2 Å². The summed E-state index contributed by atoms with van der Waals surface area (Å²) in [5, 5.41) is 1.40. The summed E-state index contributed by atoms with van der Waals surface area (Å²) in [5.74, 6) is 2.73. The van der Waals surface area contributed by atoms with Gasteiger partial charge in [0.1, 0.15) is 5.82 Å². The quantitative estimate of drug-likeness (QED) is 0.762. The Hall–Kier alpha value is -1.15. The molecule has 2 nitrogen and oxygen atoms in total. The zero-order valence-corrected chi connectivity index (χ0v) is 10.4. The van der Waals surface area contributed by atoms with Crippen molar-refractivity contribution in [1.29, 1.82) is 0 Å². The van der Waals surface area contributed by atoms with Crippen molar-refractivity contribution in [3.8, 4) is 0 Å². The van der Waals surface area contributed by atoms with E-state index in [1.54, 1.807) is 5.56 Å². The largest absolute Gasteiger partial charge is 0.358 e. The SMILES string of the molecule is ClCc1ccc2[nH]c3c(c2c1)C1CCN3CC1. The number of nitrogens with zero attached hydrogens (tertiary/aromatic N) is 1. The fraction of sp³-hybridized carbons (Fsp3) is 0.429. The van der Waals surface area contributed by atoms with E-state index in [1.807, 2.05) is 0 Å². The molecule has 3 aliphatic rings. The van der Waals surface area contributed by atoms with Crippen molar-refractivity contribution >= 4 is 28.3 Å². The molecule has 3 aliphatic heterocycles. The van der Waals surface area contributed by atoms with Gasteiger partial charge < -0.3 is 9.88 Å². The summed E-state index contributed by atoms with van der Waals surface area (Å²) in [6.45, 7) is 2.43. The average Bonchev–Trinajstić information content (AvgIpc) is 2.80. The lowest BCUT2D eigenvalue weighted by molar-refractivity contribution is 0.475. The van der Waals surface area contributed by atoms with E-state index in [4.69, 9.17) is 11.6 Å². The van der Waals surface area contributed by atoms with Crippen molar-refractivity contribution in [3.63, 3.8) is 0 Å². The molecule has 0 unspecified atom stereocenters. The van der Waals surface area contributed by atoms with Crippen LogP contribution in [0, 0.1) is 0 Å². The predicted octanol–water partition coefficient (Wildman–Crippen LogP) is 3.60. The lowest BCUT2D eigenvalue weighted by Gasteiger charge is -2.40. The number of alkyl halides is 1. The first kappa shape index (κ1) is 9.84. The summed E-state index contributed by atoms with van der Waals surface area (Å²) in [5.41, 5.74) is 4.03. The molecule has 2 bridgehead atoms. The third-order valence-electron chi connectivity index (χ3n) is 4.26. The number of aromatic nitrogens is 1. The van der Waals surface area contributed by atoms with Gasteiger partial charge in [-0.15, -0.1) is 11.6 Å². The molecule has 1 fully saturated rings. The smallest absolute Gasteiger partial charge is 0.110 e. The molecule has 1 aromatic carbocycles. The zero-order valence-electron chi connectivity index (χ0n) is 9.67. The maximum Gasteiger partial charge on any atom is 0.110 e. The molecule has 4 heterocycles. The first-order chi connectivity index (χ1) is 8.36. The number of rotatable bonds is 1. The van der Waals surface area contributed by atoms with Crippen LogP contribution in [-0.4, -0.2) is 18.1 Å². The van der Waals surface area contributed by atoms with Gasteiger partial charge in [0.15, 0.2) is 0 Å². The fourth-order valence-corrected chi connectivity index (χ4v) is 3.55. The number of aromatic amines is 1. The van der Waals surface area contributed by atoms with Gasteiger partial charge in [0.05, 0.1) is 0 Å². The third kappa shape index (κ3) is 1.28. The van der Waals surface area contributed by atoms with Crippen LogP contribution >= 0.6 is 11.6 Å². The van der Waals surface area contributed by atoms with Crippen LogP contribution in [0.25, 0.3) is 10.9 Å². The molecule has 0 spiro atoms. The van der Waals surface area contributed by atoms with Crippen LogP contribution in [0.15, 0.2) is 18.2 Å². The lowest BCUT2D eigenvalue weighted by atomic mass is 9.84. The van der Waals surface area contributed by atoms with Crippen LogP contribution in [0.5, 0.6) is 0 Å². The highest BCUT2D eigenvalue weighted by Crippen LogP contribution is 2.45. The zero-order chi connectivity index (χ0) is 11.4. The van der Waals surface area contributed by atoms with E-state index in [-0.39, 0.29) is 0 Å². The van der Waals surface area contributed by atoms with Crippen LogP contribution in [0.3, 0.4) is 0 Å². The minimum absolute atomic E-state index is 0.601. The number of H-pyrrole nitrogens is 1. The van der Waals surface area contributed by atoms with Crippen LogP contribution in [-0.2, 0) is 5.88 Å². The highest BCUT2D eigenvalue weighted by molar-refractivity contribution is 6.17. The number of halogens is 1. The second-order valence-electron chi connectivity index (χ2n) is 5.16. The Balaban J connectivity index is 2.01. The average molecular weight is 247 g/mol. The molecule has 1 aromatic heterocycles. The number of anilines is 1. The third-order valence-corrected chi connectivity index (χ3v) is 4.56. The minimum atomic E-state index is 0.601. The second kappa shape index (κ2) is 3.42. The van der Waals surface area contributed by atoms with E-state index in [0.717, 1.165) is 5.92 Å². The van der Waals surface area contributed by atoms with E-state index < -0.39 is 0 Å². The Morgan fingerprint density at radius 1 is 1.29 bits per heavy atom. The Bertz CT molecular complexity index is 579. The number of hydrogen-bond donors (Lipinski definition) is 1. The van der Waals surface area contributed by atoms with E-state index in [9.17, 15) is 0 Å². The number of hydrogen-bond acceptors (Lipinski definition) is 1. The molecule has 0 radical (unpaired) electrons. The molecule has 3 heteroatoms. The highest BCUT2D eigenvalue weighted by atomic mass is 35.5. The summed E-state index contributed by atoms with van der Waals surface area (Å²) < 4.78 is 0. The summed E-state index contributed by atoms with van der Waals surface area (Å²) in [6, 6.07) is 6.56. The molecule has 5 rings (SSSR count). The van der Waals surface area contributed by atoms with Crippen LogP contribution in [0.4, 0.5) is 5.82 Å². The maximum absolute atomic E-state index is 5.94. The van der Waals surface area contributed by atoms with E-state index in [2.05, 4.69) is 28.1 Å². The molecule has 1 saturated heterocycles. The van der Waals surface area contributed by atoms with Crippen molar-refractivity contribution in [2.75, 3.05) is 18.0 Å². The molecule has 17 heavy (non-hydrogen) atoms.